The third-order valence-corrected chi connectivity index (χ3v) is 5.19. The number of ether oxygens (including phenoxy) is 2. The second-order valence-electron chi connectivity index (χ2n) is 7.48. The molecule has 0 unspecified atom stereocenters. The maximum atomic E-state index is 13.8. The molecule has 0 bridgehead atoms. The molecule has 0 spiro atoms. The molecule has 0 saturated carbocycles. The Morgan fingerprint density at radius 3 is 2.50 bits per heavy atom. The molecule has 6 heteroatoms. The second kappa shape index (κ2) is 10.3. The third-order valence-electron chi connectivity index (χ3n) is 5.19. The van der Waals surface area contributed by atoms with Gasteiger partial charge < -0.3 is 14.8 Å². The SMILES string of the molecule is COc1cc(/C=C(/C#N)C(=O)Nc2ccccc2F)ccc1OCc1ccc2ccccc2c1. The standard InChI is InChI=1S/C28H21FN2O3/c1-33-27-16-19(14-23(17-30)28(32)31-25-9-5-4-8-24(25)29)11-13-26(27)34-18-20-10-12-21-6-2-3-7-22(21)15-20/h2-16H,18H2,1H3,(H,31,32)/b23-14-. The van der Waals surface area contributed by atoms with E-state index in [-0.39, 0.29) is 11.3 Å². The van der Waals surface area contributed by atoms with E-state index in [1.807, 2.05) is 24.3 Å². The molecule has 0 saturated heterocycles. The van der Waals surface area contributed by atoms with Crippen LogP contribution < -0.4 is 14.8 Å². The molecule has 1 N–H and O–H groups in total. The van der Waals surface area contributed by atoms with E-state index >= 15 is 0 Å². The highest BCUT2D eigenvalue weighted by molar-refractivity contribution is 6.09. The van der Waals surface area contributed by atoms with Crippen LogP contribution >= 0.6 is 0 Å². The normalized spacial score (nSPS) is 11.0. The Bertz CT molecular complexity index is 1420. The van der Waals surface area contributed by atoms with Gasteiger partial charge in [0.05, 0.1) is 12.8 Å². The van der Waals surface area contributed by atoms with E-state index in [0.717, 1.165) is 16.3 Å². The molecule has 1 amide bonds. The first kappa shape index (κ1) is 22.6. The molecule has 0 heterocycles. The first-order chi connectivity index (χ1) is 16.6. The summed E-state index contributed by atoms with van der Waals surface area (Å²) in [6, 6.07) is 27.0. The molecule has 4 aromatic carbocycles. The van der Waals surface area contributed by atoms with Gasteiger partial charge >= 0.3 is 0 Å². The molecule has 0 aliphatic rings. The smallest absolute Gasteiger partial charge is 0.266 e. The highest BCUT2D eigenvalue weighted by atomic mass is 19.1. The number of benzene rings is 4. The lowest BCUT2D eigenvalue weighted by Crippen LogP contribution is -2.14. The first-order valence-corrected chi connectivity index (χ1v) is 10.5. The summed E-state index contributed by atoms with van der Waals surface area (Å²) in [5.41, 5.74) is 1.41. The summed E-state index contributed by atoms with van der Waals surface area (Å²) in [7, 11) is 1.52. The van der Waals surface area contributed by atoms with Crippen molar-refractivity contribution in [2.45, 2.75) is 6.61 Å². The van der Waals surface area contributed by atoms with Gasteiger partial charge in [-0.05, 0) is 58.3 Å². The van der Waals surface area contributed by atoms with Gasteiger partial charge in [0.2, 0.25) is 0 Å². The molecule has 4 rings (SSSR count). The van der Waals surface area contributed by atoms with Crippen LogP contribution in [0, 0.1) is 17.1 Å². The number of nitrogens with one attached hydrogen (secondary N) is 1. The van der Waals surface area contributed by atoms with E-state index in [1.54, 1.807) is 24.3 Å². The number of rotatable bonds is 7. The summed E-state index contributed by atoms with van der Waals surface area (Å²) in [5, 5.41) is 14.1. The molecule has 0 fully saturated rings. The van der Waals surface area contributed by atoms with Gasteiger partial charge in [-0.1, -0.05) is 54.6 Å². The Morgan fingerprint density at radius 1 is 0.971 bits per heavy atom. The maximum Gasteiger partial charge on any atom is 0.266 e. The molecule has 5 nitrogen and oxygen atoms in total. The summed E-state index contributed by atoms with van der Waals surface area (Å²) < 4.78 is 25.2. The number of fused-ring (bicyclic) bond motifs is 1. The molecule has 0 aliphatic carbocycles. The van der Waals surface area contributed by atoms with E-state index in [2.05, 4.69) is 29.6 Å². The van der Waals surface area contributed by atoms with Gasteiger partial charge in [0.25, 0.3) is 5.91 Å². The van der Waals surface area contributed by atoms with Gasteiger partial charge in [0, 0.05) is 0 Å². The van der Waals surface area contributed by atoms with Crippen molar-refractivity contribution in [2.24, 2.45) is 0 Å². The van der Waals surface area contributed by atoms with Crippen LogP contribution in [0.25, 0.3) is 16.8 Å². The Labute approximate surface area is 196 Å². The van der Waals surface area contributed by atoms with E-state index in [1.165, 1.54) is 31.4 Å². The average Bonchev–Trinajstić information content (AvgIpc) is 2.87. The van der Waals surface area contributed by atoms with Crippen LogP contribution in [0.1, 0.15) is 11.1 Å². The predicted molar refractivity (Wildman–Crippen MR) is 130 cm³/mol. The Balaban J connectivity index is 1.50. The minimum Gasteiger partial charge on any atom is -0.493 e. The van der Waals surface area contributed by atoms with Crippen molar-refractivity contribution in [1.29, 1.82) is 5.26 Å². The van der Waals surface area contributed by atoms with Gasteiger partial charge in [-0.25, -0.2) is 4.39 Å². The van der Waals surface area contributed by atoms with Crippen LogP contribution in [0.4, 0.5) is 10.1 Å². The van der Waals surface area contributed by atoms with Crippen LogP contribution in [0.15, 0.2) is 90.5 Å². The summed E-state index contributed by atoms with van der Waals surface area (Å²) >= 11 is 0. The first-order valence-electron chi connectivity index (χ1n) is 10.5. The van der Waals surface area contributed by atoms with Crippen molar-refractivity contribution < 1.29 is 18.7 Å². The summed E-state index contributed by atoms with van der Waals surface area (Å²) in [6.07, 6.45) is 1.41. The van der Waals surface area contributed by atoms with Gasteiger partial charge in [-0.15, -0.1) is 0 Å². The lowest BCUT2D eigenvalue weighted by molar-refractivity contribution is -0.112. The number of nitriles is 1. The zero-order valence-electron chi connectivity index (χ0n) is 18.4. The van der Waals surface area contributed by atoms with E-state index < -0.39 is 11.7 Å². The van der Waals surface area contributed by atoms with Crippen molar-refractivity contribution in [3.8, 4) is 17.6 Å². The third kappa shape index (κ3) is 5.22. The summed E-state index contributed by atoms with van der Waals surface area (Å²) in [5.74, 6) is -0.297. The van der Waals surface area contributed by atoms with Crippen LogP contribution in [0.5, 0.6) is 11.5 Å². The number of carbonyl (C=O) groups is 1. The quantitative estimate of drug-likeness (QED) is 0.271. The number of anilines is 1. The van der Waals surface area contributed by atoms with E-state index in [4.69, 9.17) is 9.47 Å². The van der Waals surface area contributed by atoms with Gasteiger partial charge in [-0.3, -0.25) is 4.79 Å². The zero-order valence-corrected chi connectivity index (χ0v) is 18.4. The fourth-order valence-electron chi connectivity index (χ4n) is 3.45. The monoisotopic (exact) mass is 452 g/mol. The fraction of sp³-hybridized carbons (Fsp3) is 0.0714. The number of para-hydroxylation sites is 1. The van der Waals surface area contributed by atoms with E-state index in [0.29, 0.717) is 23.7 Å². The summed E-state index contributed by atoms with van der Waals surface area (Å²) in [6.45, 7) is 0.352. The lowest BCUT2D eigenvalue weighted by atomic mass is 10.1. The van der Waals surface area contributed by atoms with Gasteiger partial charge in [0.1, 0.15) is 24.1 Å². The molecule has 0 radical (unpaired) electrons. The predicted octanol–water partition coefficient (Wildman–Crippen LogP) is 6.11. The minimum atomic E-state index is -0.705. The van der Waals surface area contributed by atoms with Crippen LogP contribution in [0.3, 0.4) is 0 Å². The Morgan fingerprint density at radius 2 is 1.74 bits per heavy atom. The van der Waals surface area contributed by atoms with Crippen molar-refractivity contribution in [1.82, 2.24) is 0 Å². The van der Waals surface area contributed by atoms with Crippen molar-refractivity contribution in [3.05, 3.63) is 107 Å². The number of hydrogen-bond donors (Lipinski definition) is 1. The highest BCUT2D eigenvalue weighted by Gasteiger charge is 2.13. The van der Waals surface area contributed by atoms with Crippen LogP contribution in [0.2, 0.25) is 0 Å². The maximum absolute atomic E-state index is 13.8. The molecule has 34 heavy (non-hydrogen) atoms. The average molecular weight is 452 g/mol. The number of hydrogen-bond acceptors (Lipinski definition) is 4. The highest BCUT2D eigenvalue weighted by Crippen LogP contribution is 2.30. The Kier molecular flexibility index (Phi) is 6.85. The summed E-state index contributed by atoms with van der Waals surface area (Å²) in [4.78, 5) is 12.4. The molecular weight excluding hydrogens is 431 g/mol. The molecule has 0 aliphatic heterocycles. The van der Waals surface area contributed by atoms with Crippen molar-refractivity contribution in [3.63, 3.8) is 0 Å². The number of methoxy groups -OCH3 is 1. The van der Waals surface area contributed by atoms with E-state index in [9.17, 15) is 14.4 Å². The second-order valence-corrected chi connectivity index (χ2v) is 7.48. The zero-order chi connectivity index (χ0) is 23.9. The lowest BCUT2D eigenvalue weighted by Gasteiger charge is -2.12. The van der Waals surface area contributed by atoms with Crippen LogP contribution in [-0.4, -0.2) is 13.0 Å². The number of carbonyl (C=O) groups excluding carboxylic acids is 1. The number of amides is 1. The number of nitrogens with zero attached hydrogens (tertiary/aromatic N) is 1. The van der Waals surface area contributed by atoms with Crippen LogP contribution in [-0.2, 0) is 11.4 Å². The molecule has 168 valence electrons. The molecule has 0 aromatic heterocycles. The van der Waals surface area contributed by atoms with Crippen molar-refractivity contribution >= 4 is 28.4 Å². The van der Waals surface area contributed by atoms with Gasteiger partial charge in [0.15, 0.2) is 11.5 Å². The minimum absolute atomic E-state index is 0.00340. The number of halogens is 1. The van der Waals surface area contributed by atoms with Crippen molar-refractivity contribution in [2.75, 3.05) is 12.4 Å². The fourth-order valence-corrected chi connectivity index (χ4v) is 3.45. The van der Waals surface area contributed by atoms with Gasteiger partial charge in [-0.2, -0.15) is 5.26 Å². The molecule has 0 atom stereocenters. The Hall–Kier alpha value is -4.63. The molecular formula is C28H21FN2O3. The topological polar surface area (TPSA) is 71.3 Å². The largest absolute Gasteiger partial charge is 0.493 e. The molecule has 4 aromatic rings.